The number of nitrogens with zero attached hydrogens (tertiary/aromatic N) is 2. The Balaban J connectivity index is 2.38. The molecule has 104 valence electrons. The minimum Gasteiger partial charge on any atom is -0.384 e. The van der Waals surface area contributed by atoms with Gasteiger partial charge in [-0.15, -0.1) is 11.3 Å². The summed E-state index contributed by atoms with van der Waals surface area (Å²) in [5, 5.41) is 17.8. The van der Waals surface area contributed by atoms with Crippen LogP contribution in [0.4, 0.5) is 0 Å². The first-order valence-electron chi connectivity index (χ1n) is 6.35. The van der Waals surface area contributed by atoms with Gasteiger partial charge in [0.15, 0.2) is 0 Å². The van der Waals surface area contributed by atoms with E-state index in [1.807, 2.05) is 43.8 Å². The van der Waals surface area contributed by atoms with E-state index in [0.29, 0.717) is 11.4 Å². The molecule has 1 N–H and O–H groups in total. The molecule has 0 aliphatic heterocycles. The second-order valence-electron chi connectivity index (χ2n) is 5.05. The number of aryl methyl sites for hydroxylation is 3. The Bertz CT molecular complexity index is 586. The van der Waals surface area contributed by atoms with Crippen molar-refractivity contribution in [3.8, 4) is 0 Å². The van der Waals surface area contributed by atoms with Crippen molar-refractivity contribution >= 4 is 22.9 Å². The Kier molecular flexibility index (Phi) is 4.04. The zero-order valence-corrected chi connectivity index (χ0v) is 13.3. The molecule has 5 heteroatoms. The molecule has 0 bridgehead atoms. The van der Waals surface area contributed by atoms with Crippen molar-refractivity contribution in [3.05, 3.63) is 38.3 Å². The smallest absolute Gasteiger partial charge is 0.102 e. The van der Waals surface area contributed by atoms with E-state index in [-0.39, 0.29) is 0 Å². The second kappa shape index (κ2) is 5.27. The molecule has 2 aromatic rings. The molecular formula is C14H19ClN2OS. The number of aromatic nitrogens is 2. The Hall–Kier alpha value is -0.840. The number of rotatable bonds is 4. The van der Waals surface area contributed by atoms with Crippen LogP contribution in [0.25, 0.3) is 0 Å². The van der Waals surface area contributed by atoms with Crippen LogP contribution in [0.1, 0.15) is 35.7 Å². The van der Waals surface area contributed by atoms with Gasteiger partial charge in [-0.3, -0.25) is 4.68 Å². The monoisotopic (exact) mass is 298 g/mol. The Morgan fingerprint density at radius 1 is 1.47 bits per heavy atom. The van der Waals surface area contributed by atoms with Crippen LogP contribution in [0.5, 0.6) is 0 Å². The van der Waals surface area contributed by atoms with Crippen LogP contribution in [0.2, 0.25) is 5.02 Å². The lowest BCUT2D eigenvalue weighted by atomic mass is 9.95. The summed E-state index contributed by atoms with van der Waals surface area (Å²) in [7, 11) is 0. The molecule has 0 spiro atoms. The van der Waals surface area contributed by atoms with Crippen LogP contribution >= 0.6 is 22.9 Å². The number of hydrogen-bond donors (Lipinski definition) is 1. The summed E-state index contributed by atoms with van der Waals surface area (Å²) in [5.74, 6) is 0. The zero-order valence-electron chi connectivity index (χ0n) is 11.7. The summed E-state index contributed by atoms with van der Waals surface area (Å²) in [4.78, 5) is 0.991. The average Bonchev–Trinajstić information content (AvgIpc) is 2.88. The van der Waals surface area contributed by atoms with Crippen molar-refractivity contribution in [2.24, 2.45) is 0 Å². The van der Waals surface area contributed by atoms with E-state index < -0.39 is 5.60 Å². The van der Waals surface area contributed by atoms with Crippen molar-refractivity contribution < 1.29 is 5.11 Å². The van der Waals surface area contributed by atoms with Crippen LogP contribution in [-0.4, -0.2) is 14.9 Å². The van der Waals surface area contributed by atoms with E-state index in [9.17, 15) is 5.11 Å². The molecule has 2 rings (SSSR count). The first-order chi connectivity index (χ1) is 8.86. The SMILES string of the molecule is CCn1nc(C)c(Cl)c1CC(C)(O)c1sccc1C. The lowest BCUT2D eigenvalue weighted by Crippen LogP contribution is -2.25. The Morgan fingerprint density at radius 2 is 2.16 bits per heavy atom. The topological polar surface area (TPSA) is 38.0 Å². The number of aliphatic hydroxyl groups is 1. The van der Waals surface area contributed by atoms with Crippen molar-refractivity contribution in [1.29, 1.82) is 0 Å². The molecular weight excluding hydrogens is 280 g/mol. The summed E-state index contributed by atoms with van der Waals surface area (Å²) in [6.45, 7) is 8.53. The third-order valence-electron chi connectivity index (χ3n) is 3.32. The maximum absolute atomic E-state index is 10.8. The van der Waals surface area contributed by atoms with Crippen molar-refractivity contribution in [3.63, 3.8) is 0 Å². The lowest BCUT2D eigenvalue weighted by Gasteiger charge is -2.23. The van der Waals surface area contributed by atoms with E-state index in [2.05, 4.69) is 5.10 Å². The van der Waals surface area contributed by atoms with Crippen LogP contribution in [0, 0.1) is 13.8 Å². The average molecular weight is 299 g/mol. The molecule has 0 aliphatic carbocycles. The molecule has 1 atom stereocenters. The highest BCUT2D eigenvalue weighted by Gasteiger charge is 2.30. The normalized spacial score (nSPS) is 14.6. The molecule has 19 heavy (non-hydrogen) atoms. The standard InChI is InChI=1S/C14H19ClN2OS/c1-5-17-11(12(15)10(3)16-17)8-14(4,18)13-9(2)6-7-19-13/h6-7,18H,5,8H2,1-4H3. The van der Waals surface area contributed by atoms with Gasteiger partial charge in [0, 0.05) is 17.8 Å². The molecule has 2 aromatic heterocycles. The largest absolute Gasteiger partial charge is 0.384 e. The van der Waals surface area contributed by atoms with Gasteiger partial charge >= 0.3 is 0 Å². The Labute approximate surface area is 122 Å². The van der Waals surface area contributed by atoms with Crippen LogP contribution in [-0.2, 0) is 18.6 Å². The van der Waals surface area contributed by atoms with Crippen molar-refractivity contribution in [2.45, 2.75) is 46.3 Å². The molecule has 0 aliphatic rings. The molecule has 2 heterocycles. The molecule has 0 radical (unpaired) electrons. The fourth-order valence-electron chi connectivity index (χ4n) is 2.37. The first kappa shape index (κ1) is 14.6. The first-order valence-corrected chi connectivity index (χ1v) is 7.61. The van der Waals surface area contributed by atoms with E-state index in [1.54, 1.807) is 11.3 Å². The highest BCUT2D eigenvalue weighted by Crippen LogP contribution is 2.34. The minimum absolute atomic E-state index is 0.474. The fourth-order valence-corrected chi connectivity index (χ4v) is 3.56. The minimum atomic E-state index is -0.915. The summed E-state index contributed by atoms with van der Waals surface area (Å²) < 4.78 is 1.87. The van der Waals surface area contributed by atoms with Crippen LogP contribution in [0.15, 0.2) is 11.4 Å². The van der Waals surface area contributed by atoms with E-state index >= 15 is 0 Å². The number of halogens is 1. The van der Waals surface area contributed by atoms with Crippen LogP contribution in [0.3, 0.4) is 0 Å². The molecule has 0 saturated heterocycles. The Morgan fingerprint density at radius 3 is 2.68 bits per heavy atom. The third kappa shape index (κ3) is 2.71. The molecule has 3 nitrogen and oxygen atoms in total. The molecule has 0 aromatic carbocycles. The van der Waals surface area contributed by atoms with Gasteiger partial charge in [0.25, 0.3) is 0 Å². The highest BCUT2D eigenvalue weighted by molar-refractivity contribution is 7.10. The van der Waals surface area contributed by atoms with Crippen LogP contribution < -0.4 is 0 Å². The molecule has 1 unspecified atom stereocenters. The maximum Gasteiger partial charge on any atom is 0.102 e. The summed E-state index contributed by atoms with van der Waals surface area (Å²) in [6, 6.07) is 2.03. The lowest BCUT2D eigenvalue weighted by molar-refractivity contribution is 0.0587. The summed E-state index contributed by atoms with van der Waals surface area (Å²) >= 11 is 7.89. The number of thiophene rings is 1. The molecule has 0 saturated carbocycles. The van der Waals surface area contributed by atoms with Gasteiger partial charge in [-0.25, -0.2) is 0 Å². The van der Waals surface area contributed by atoms with Gasteiger partial charge in [0.2, 0.25) is 0 Å². The van der Waals surface area contributed by atoms with Gasteiger partial charge in [-0.05, 0) is 44.7 Å². The zero-order chi connectivity index (χ0) is 14.2. The van der Waals surface area contributed by atoms with Crippen molar-refractivity contribution in [2.75, 3.05) is 0 Å². The molecule has 0 fully saturated rings. The quantitative estimate of drug-likeness (QED) is 0.935. The number of hydrogen-bond acceptors (Lipinski definition) is 3. The predicted octanol–water partition coefficient (Wildman–Crippen LogP) is 3.68. The highest BCUT2D eigenvalue weighted by atomic mass is 35.5. The van der Waals surface area contributed by atoms with Crippen molar-refractivity contribution in [1.82, 2.24) is 9.78 Å². The van der Waals surface area contributed by atoms with Gasteiger partial charge in [-0.1, -0.05) is 11.6 Å². The fraction of sp³-hybridized carbons (Fsp3) is 0.500. The summed E-state index contributed by atoms with van der Waals surface area (Å²) in [6.07, 6.45) is 0.474. The summed E-state index contributed by atoms with van der Waals surface area (Å²) in [5.41, 5.74) is 1.92. The van der Waals surface area contributed by atoms with E-state index in [4.69, 9.17) is 11.6 Å². The van der Waals surface area contributed by atoms with Gasteiger partial charge in [0.1, 0.15) is 5.60 Å². The van der Waals surface area contributed by atoms with Gasteiger partial charge in [-0.2, -0.15) is 5.10 Å². The second-order valence-corrected chi connectivity index (χ2v) is 6.34. The van der Waals surface area contributed by atoms with Gasteiger partial charge < -0.3 is 5.11 Å². The van der Waals surface area contributed by atoms with E-state index in [1.165, 1.54) is 0 Å². The predicted molar refractivity (Wildman–Crippen MR) is 80.0 cm³/mol. The third-order valence-corrected chi connectivity index (χ3v) is 5.08. The maximum atomic E-state index is 10.8. The van der Waals surface area contributed by atoms with E-state index in [0.717, 1.165) is 28.4 Å². The molecule has 0 amide bonds. The van der Waals surface area contributed by atoms with Gasteiger partial charge in [0.05, 0.1) is 16.4 Å².